The van der Waals surface area contributed by atoms with E-state index in [0.29, 0.717) is 0 Å². The molecule has 0 radical (unpaired) electrons. The van der Waals surface area contributed by atoms with E-state index in [-0.39, 0.29) is 58.9 Å². The van der Waals surface area contributed by atoms with Gasteiger partial charge in [0.2, 0.25) is 0 Å². The van der Waals surface area contributed by atoms with E-state index in [0.717, 1.165) is 100 Å². The minimum absolute atomic E-state index is 0.180. The molecule has 0 spiro atoms. The largest absolute Gasteiger partial charge is 0.465 e. The van der Waals surface area contributed by atoms with Crippen LogP contribution in [0.3, 0.4) is 0 Å². The number of hydrogen-bond donors (Lipinski definition) is 0. The molecule has 0 fully saturated rings. The smallest absolute Gasteiger partial charge is 0.327 e. The second-order valence-corrected chi connectivity index (χ2v) is 24.4. The monoisotopic (exact) mass is 1360 g/mol. The van der Waals surface area contributed by atoms with Crippen LogP contribution in [0.2, 0.25) is 0 Å². The number of ether oxygens (including phenoxy) is 6. The molecule has 9 aromatic rings. The Labute approximate surface area is 598 Å². The Morgan fingerprint density at radius 2 is 0.422 bits per heavy atom. The lowest BCUT2D eigenvalue weighted by Crippen LogP contribution is -2.44. The van der Waals surface area contributed by atoms with Crippen molar-refractivity contribution in [1.82, 2.24) is 0 Å². The Morgan fingerprint density at radius 1 is 0.255 bits per heavy atom. The molecule has 0 unspecified atom stereocenters. The van der Waals surface area contributed by atoms with Gasteiger partial charge in [-0.3, -0.25) is 28.8 Å². The van der Waals surface area contributed by atoms with Crippen molar-refractivity contribution in [1.29, 1.82) is 0 Å². The zero-order valence-electron chi connectivity index (χ0n) is 58.5. The van der Waals surface area contributed by atoms with Crippen molar-refractivity contribution in [3.8, 4) is 0 Å². The van der Waals surface area contributed by atoms with Gasteiger partial charge < -0.3 is 28.4 Å². The van der Waals surface area contributed by atoms with Crippen LogP contribution in [0.25, 0.3) is 33.4 Å². The third-order valence-corrected chi connectivity index (χ3v) is 17.8. The molecule has 516 valence electrons. The van der Waals surface area contributed by atoms with Crippen LogP contribution in [-0.2, 0) is 76.5 Å². The third kappa shape index (κ3) is 16.6. The van der Waals surface area contributed by atoms with Crippen molar-refractivity contribution in [3.63, 3.8) is 0 Å². The normalized spacial score (nSPS) is 13.8. The Morgan fingerprint density at radius 3 is 0.598 bits per heavy atom. The summed E-state index contributed by atoms with van der Waals surface area (Å²) < 4.78 is 32.3. The van der Waals surface area contributed by atoms with Gasteiger partial charge >= 0.3 is 35.8 Å². The molecule has 0 aliphatic heterocycles. The van der Waals surface area contributed by atoms with E-state index in [9.17, 15) is 28.8 Å². The summed E-state index contributed by atoms with van der Waals surface area (Å²) in [6.45, 7) is 11.5. The lowest BCUT2D eigenvalue weighted by Gasteiger charge is -2.32. The highest BCUT2D eigenvalue weighted by Crippen LogP contribution is 2.45. The standard InChI is InChI=1S/3C30H28O4/c3*1-3-33-28(31)30(29(32)34-4-2)20-24-17-11-12-18-26(24)25(21-30)19-27(22-13-7-5-8-14-22)23-15-9-6-10-16-23/h3*5-19,21H,3-4,20H2,1-2H3. The first-order valence-corrected chi connectivity index (χ1v) is 34.7. The van der Waals surface area contributed by atoms with Crippen LogP contribution in [0.15, 0.2) is 291 Å². The summed E-state index contributed by atoms with van der Waals surface area (Å²) >= 11 is 0. The minimum atomic E-state index is -1.54. The lowest BCUT2D eigenvalue weighted by atomic mass is 9.72. The molecule has 0 N–H and O–H groups in total. The van der Waals surface area contributed by atoms with Gasteiger partial charge in [0.15, 0.2) is 16.2 Å². The van der Waals surface area contributed by atoms with Gasteiger partial charge in [-0.05, 0) is 178 Å². The molecule has 102 heavy (non-hydrogen) atoms. The van der Waals surface area contributed by atoms with Crippen LogP contribution in [0.4, 0.5) is 0 Å². The van der Waals surface area contributed by atoms with Crippen LogP contribution < -0.4 is 0 Å². The second kappa shape index (κ2) is 34.8. The average Bonchev–Trinajstić information content (AvgIpc) is 0.764. The van der Waals surface area contributed by atoms with Gasteiger partial charge in [-0.15, -0.1) is 0 Å². The van der Waals surface area contributed by atoms with Crippen LogP contribution in [0.1, 0.15) is 108 Å². The zero-order valence-corrected chi connectivity index (χ0v) is 58.5. The Bertz CT molecular complexity index is 3960. The molecule has 12 nitrogen and oxygen atoms in total. The minimum Gasteiger partial charge on any atom is -0.465 e. The number of rotatable bonds is 21. The van der Waals surface area contributed by atoms with Gasteiger partial charge in [-0.1, -0.05) is 255 Å². The molecule has 0 amide bonds. The summed E-state index contributed by atoms with van der Waals surface area (Å²) in [7, 11) is 0. The molecule has 12 heteroatoms. The van der Waals surface area contributed by atoms with Crippen LogP contribution >= 0.6 is 0 Å². The molecule has 3 aliphatic rings. The van der Waals surface area contributed by atoms with Crippen molar-refractivity contribution < 1.29 is 57.2 Å². The lowest BCUT2D eigenvalue weighted by molar-refractivity contribution is -0.169. The maximum atomic E-state index is 13.2. The molecule has 3 aliphatic carbocycles. The third-order valence-electron chi connectivity index (χ3n) is 17.8. The predicted octanol–water partition coefficient (Wildman–Crippen LogP) is 17.6. The molecule has 0 bridgehead atoms. The summed E-state index contributed by atoms with van der Waals surface area (Å²) in [6.07, 6.45) is 12.0. The van der Waals surface area contributed by atoms with Gasteiger partial charge in [0.25, 0.3) is 0 Å². The number of allylic oxidation sites excluding steroid dienone is 6. The van der Waals surface area contributed by atoms with Crippen molar-refractivity contribution in [2.75, 3.05) is 39.6 Å². The Balaban J connectivity index is 0.000000165. The van der Waals surface area contributed by atoms with E-state index < -0.39 is 52.1 Å². The Kier molecular flexibility index (Phi) is 24.9. The molecule has 9 aromatic carbocycles. The fourth-order valence-electron chi connectivity index (χ4n) is 13.1. The predicted molar refractivity (Wildman–Crippen MR) is 401 cm³/mol. The highest BCUT2D eigenvalue weighted by Gasteiger charge is 2.52. The van der Waals surface area contributed by atoms with E-state index >= 15 is 0 Å². The van der Waals surface area contributed by atoms with Gasteiger partial charge in [-0.25, -0.2) is 0 Å². The fourth-order valence-corrected chi connectivity index (χ4v) is 13.1. The van der Waals surface area contributed by atoms with E-state index in [2.05, 4.69) is 91.0 Å². The molecular weight excluding hydrogens is 1270 g/mol. The summed E-state index contributed by atoms with van der Waals surface area (Å²) in [5.74, 6) is -3.53. The molecular formula is C90H84O12. The highest BCUT2D eigenvalue weighted by atomic mass is 16.6. The van der Waals surface area contributed by atoms with Crippen LogP contribution in [0, 0.1) is 16.2 Å². The first-order chi connectivity index (χ1) is 49.8. The molecule has 0 saturated carbocycles. The van der Waals surface area contributed by atoms with Crippen molar-refractivity contribution in [3.05, 3.63) is 358 Å². The summed E-state index contributed by atoms with van der Waals surface area (Å²) in [6, 6.07) is 84.1. The summed E-state index contributed by atoms with van der Waals surface area (Å²) in [4.78, 5) is 79.4. The van der Waals surface area contributed by atoms with Gasteiger partial charge in [0.05, 0.1) is 39.6 Å². The van der Waals surface area contributed by atoms with Gasteiger partial charge in [0, 0.05) is 19.3 Å². The maximum absolute atomic E-state index is 13.2. The molecule has 0 heterocycles. The highest BCUT2D eigenvalue weighted by molar-refractivity contribution is 6.09. The summed E-state index contributed by atoms with van der Waals surface area (Å²) in [5, 5.41) is 0. The van der Waals surface area contributed by atoms with Crippen molar-refractivity contribution >= 4 is 69.3 Å². The van der Waals surface area contributed by atoms with E-state index in [1.807, 2.05) is 182 Å². The van der Waals surface area contributed by atoms with Crippen LogP contribution in [-0.4, -0.2) is 75.5 Å². The fraction of sp³-hybridized carbons (Fsp3) is 0.200. The SMILES string of the molecule is CCOC(=O)C1(C(=O)OCC)C=C(C=C(c2ccccc2)c2ccccc2)c2ccccc2C1.CCOC(=O)C1(C(=O)OCC)C=C(C=C(c2ccccc2)c2ccccc2)c2ccccc2C1.CCOC(=O)C1(C(=O)OCC)C=C(C=C(c2ccccc2)c2ccccc2)c2ccccc2C1. The van der Waals surface area contributed by atoms with E-state index in [1.54, 1.807) is 59.8 Å². The van der Waals surface area contributed by atoms with Gasteiger partial charge in [0.1, 0.15) is 0 Å². The van der Waals surface area contributed by atoms with E-state index in [4.69, 9.17) is 28.4 Å². The van der Waals surface area contributed by atoms with Gasteiger partial charge in [-0.2, -0.15) is 0 Å². The number of esters is 6. The number of carbonyl (C=O) groups is 6. The van der Waals surface area contributed by atoms with Crippen LogP contribution in [0.5, 0.6) is 0 Å². The average molecular weight is 1360 g/mol. The van der Waals surface area contributed by atoms with Crippen molar-refractivity contribution in [2.24, 2.45) is 16.2 Å². The molecule has 0 saturated heterocycles. The maximum Gasteiger partial charge on any atom is 0.327 e. The van der Waals surface area contributed by atoms with Crippen molar-refractivity contribution in [2.45, 2.75) is 60.8 Å². The summed E-state index contributed by atoms with van der Waals surface area (Å²) in [5.41, 5.74) is 12.6. The second-order valence-electron chi connectivity index (χ2n) is 24.4. The van der Waals surface area contributed by atoms with E-state index in [1.165, 1.54) is 0 Å². The first-order valence-electron chi connectivity index (χ1n) is 34.7. The molecule has 0 atom stereocenters. The Hall–Kier alpha value is -11.8. The first kappa shape index (κ1) is 73.0. The molecule has 0 aromatic heterocycles. The zero-order chi connectivity index (χ0) is 71.9. The topological polar surface area (TPSA) is 158 Å². The number of fused-ring (bicyclic) bond motifs is 3. The number of benzene rings is 9. The number of hydrogen-bond acceptors (Lipinski definition) is 12. The quantitative estimate of drug-likeness (QED) is 0.0381. The molecule has 12 rings (SSSR count). The number of carbonyl (C=O) groups excluding carboxylic acids is 6.